The molecule has 3 aromatic rings. The number of thiophene rings is 1. The van der Waals surface area contributed by atoms with Gasteiger partial charge < -0.3 is 19.9 Å². The van der Waals surface area contributed by atoms with E-state index >= 15 is 0 Å². The van der Waals surface area contributed by atoms with Gasteiger partial charge in [0.1, 0.15) is 0 Å². The molecule has 2 aliphatic rings. The summed E-state index contributed by atoms with van der Waals surface area (Å²) in [7, 11) is 0. The number of hydrogen-bond acceptors (Lipinski definition) is 5. The number of thiocarbonyl (C=S) groups is 1. The highest BCUT2D eigenvalue weighted by molar-refractivity contribution is 7.80. The second-order valence-electron chi connectivity index (χ2n) is 7.13. The predicted octanol–water partition coefficient (Wildman–Crippen LogP) is 4.16. The van der Waals surface area contributed by atoms with E-state index in [1.165, 1.54) is 10.6 Å². The first-order valence-corrected chi connectivity index (χ1v) is 11.1. The standard InChI is InChI=1S/C22H22N4OS2/c28-22-24-20(18-4-1-2-10-23-18)21(19-5-3-15-29-19)26(22)17-8-6-16(7-9-17)25-11-13-27-14-12-25/h1-10,15,20-21H,11-14H2,(H,24,28)/t20-,21-/m1/s1. The number of benzene rings is 1. The molecule has 1 aromatic carbocycles. The van der Waals surface area contributed by atoms with Crippen molar-refractivity contribution in [3.05, 3.63) is 76.7 Å². The van der Waals surface area contributed by atoms with Gasteiger partial charge >= 0.3 is 0 Å². The van der Waals surface area contributed by atoms with Crippen molar-refractivity contribution in [2.24, 2.45) is 0 Å². The number of morpholine rings is 1. The molecule has 2 fully saturated rings. The summed E-state index contributed by atoms with van der Waals surface area (Å²) in [5, 5.41) is 6.36. The first-order chi connectivity index (χ1) is 14.3. The zero-order chi connectivity index (χ0) is 19.6. The molecular weight excluding hydrogens is 400 g/mol. The minimum Gasteiger partial charge on any atom is -0.378 e. The van der Waals surface area contributed by atoms with Crippen LogP contribution in [-0.4, -0.2) is 36.4 Å². The van der Waals surface area contributed by atoms with Crippen LogP contribution < -0.4 is 15.1 Å². The van der Waals surface area contributed by atoms with E-state index in [1.54, 1.807) is 11.3 Å². The number of nitrogens with zero attached hydrogens (tertiary/aromatic N) is 3. The number of pyridine rings is 1. The Labute approximate surface area is 179 Å². The number of ether oxygens (including phenoxy) is 1. The molecule has 0 unspecified atom stereocenters. The van der Waals surface area contributed by atoms with Crippen LogP contribution in [0.3, 0.4) is 0 Å². The Morgan fingerprint density at radius 1 is 1.00 bits per heavy atom. The minimum absolute atomic E-state index is 0.0151. The van der Waals surface area contributed by atoms with E-state index in [2.05, 4.69) is 67.9 Å². The molecule has 2 aliphatic heterocycles. The van der Waals surface area contributed by atoms with Gasteiger partial charge in [-0.15, -0.1) is 11.3 Å². The summed E-state index contributed by atoms with van der Waals surface area (Å²) in [5.41, 5.74) is 3.32. The zero-order valence-electron chi connectivity index (χ0n) is 15.9. The van der Waals surface area contributed by atoms with Gasteiger partial charge in [-0.3, -0.25) is 4.98 Å². The van der Waals surface area contributed by atoms with Crippen molar-refractivity contribution >= 4 is 40.0 Å². The zero-order valence-corrected chi connectivity index (χ0v) is 17.5. The minimum atomic E-state index is 0.0151. The Morgan fingerprint density at radius 2 is 1.79 bits per heavy atom. The van der Waals surface area contributed by atoms with Crippen molar-refractivity contribution in [3.63, 3.8) is 0 Å². The second-order valence-corrected chi connectivity index (χ2v) is 8.49. The topological polar surface area (TPSA) is 40.6 Å². The fraction of sp³-hybridized carbons (Fsp3) is 0.273. The first-order valence-electron chi connectivity index (χ1n) is 9.78. The van der Waals surface area contributed by atoms with Crippen molar-refractivity contribution < 1.29 is 4.74 Å². The lowest BCUT2D eigenvalue weighted by molar-refractivity contribution is 0.122. The highest BCUT2D eigenvalue weighted by Crippen LogP contribution is 2.43. The van der Waals surface area contributed by atoms with E-state index in [9.17, 15) is 0 Å². The molecule has 5 rings (SSSR count). The molecule has 0 saturated carbocycles. The van der Waals surface area contributed by atoms with E-state index in [1.807, 2.05) is 18.3 Å². The number of anilines is 2. The lowest BCUT2D eigenvalue weighted by atomic mass is 10.0. The molecule has 0 radical (unpaired) electrons. The Kier molecular flexibility index (Phi) is 5.18. The van der Waals surface area contributed by atoms with Crippen LogP contribution in [0, 0.1) is 0 Å². The lowest BCUT2D eigenvalue weighted by Gasteiger charge is -2.30. The molecule has 5 nitrogen and oxygen atoms in total. The predicted molar refractivity (Wildman–Crippen MR) is 122 cm³/mol. The average molecular weight is 423 g/mol. The number of hydrogen-bond donors (Lipinski definition) is 1. The van der Waals surface area contributed by atoms with Crippen molar-refractivity contribution in [1.82, 2.24) is 10.3 Å². The highest BCUT2D eigenvalue weighted by Gasteiger charge is 2.41. The van der Waals surface area contributed by atoms with Crippen LogP contribution in [0.4, 0.5) is 11.4 Å². The van der Waals surface area contributed by atoms with Crippen molar-refractivity contribution in [2.75, 3.05) is 36.1 Å². The number of rotatable bonds is 4. The molecule has 0 bridgehead atoms. The number of aromatic nitrogens is 1. The summed E-state index contributed by atoms with van der Waals surface area (Å²) in [4.78, 5) is 10.5. The quantitative estimate of drug-likeness (QED) is 0.637. The van der Waals surface area contributed by atoms with Crippen LogP contribution in [0.5, 0.6) is 0 Å². The van der Waals surface area contributed by atoms with Crippen LogP contribution in [-0.2, 0) is 4.74 Å². The van der Waals surface area contributed by atoms with E-state index in [0.29, 0.717) is 0 Å². The summed E-state index contributed by atoms with van der Waals surface area (Å²) < 4.78 is 5.47. The molecule has 2 aromatic heterocycles. The van der Waals surface area contributed by atoms with Gasteiger partial charge in [-0.2, -0.15) is 0 Å². The maximum atomic E-state index is 5.77. The second kappa shape index (κ2) is 8.10. The summed E-state index contributed by atoms with van der Waals surface area (Å²) in [6.07, 6.45) is 1.84. The van der Waals surface area contributed by atoms with Crippen molar-refractivity contribution in [1.29, 1.82) is 0 Å². The molecule has 7 heteroatoms. The van der Waals surface area contributed by atoms with Crippen LogP contribution in [0.2, 0.25) is 0 Å². The smallest absolute Gasteiger partial charge is 0.174 e. The Morgan fingerprint density at radius 3 is 2.48 bits per heavy atom. The van der Waals surface area contributed by atoms with Gasteiger partial charge in [0.05, 0.1) is 31.0 Å². The molecule has 0 amide bonds. The van der Waals surface area contributed by atoms with Gasteiger partial charge in [0.2, 0.25) is 0 Å². The fourth-order valence-electron chi connectivity index (χ4n) is 4.03. The Bertz CT molecular complexity index is 956. The Hall–Kier alpha value is -2.48. The summed E-state index contributed by atoms with van der Waals surface area (Å²) >= 11 is 7.53. The van der Waals surface area contributed by atoms with Crippen molar-refractivity contribution in [2.45, 2.75) is 12.1 Å². The molecule has 29 heavy (non-hydrogen) atoms. The molecule has 2 saturated heterocycles. The van der Waals surface area contributed by atoms with E-state index < -0.39 is 0 Å². The lowest BCUT2D eigenvalue weighted by Crippen LogP contribution is -2.36. The Balaban J connectivity index is 1.48. The molecule has 2 atom stereocenters. The normalized spacial score (nSPS) is 22.0. The fourth-order valence-corrected chi connectivity index (χ4v) is 5.23. The SMILES string of the molecule is S=C1N[C@H](c2ccccn2)[C@@H](c2cccs2)N1c1ccc(N2CCOCC2)cc1. The van der Waals surface area contributed by atoms with E-state index in [-0.39, 0.29) is 12.1 Å². The van der Waals surface area contributed by atoms with Gasteiger partial charge in [0.25, 0.3) is 0 Å². The molecular formula is C22H22N4OS2. The van der Waals surface area contributed by atoms with Crippen molar-refractivity contribution in [3.8, 4) is 0 Å². The van der Waals surface area contributed by atoms with Gasteiger partial charge in [-0.05, 0) is 60.1 Å². The van der Waals surface area contributed by atoms with Crippen LogP contribution >= 0.6 is 23.6 Å². The van der Waals surface area contributed by atoms with Gasteiger partial charge in [-0.1, -0.05) is 12.1 Å². The first kappa shape index (κ1) is 18.5. The molecule has 0 aliphatic carbocycles. The third-order valence-corrected chi connectivity index (χ3v) is 6.69. The van der Waals surface area contributed by atoms with E-state index in [4.69, 9.17) is 17.0 Å². The van der Waals surface area contributed by atoms with Crippen LogP contribution in [0.1, 0.15) is 22.7 Å². The molecule has 0 spiro atoms. The van der Waals surface area contributed by atoms with Crippen LogP contribution in [0.15, 0.2) is 66.2 Å². The number of nitrogens with one attached hydrogen (secondary N) is 1. The largest absolute Gasteiger partial charge is 0.378 e. The van der Waals surface area contributed by atoms with E-state index in [0.717, 1.165) is 42.8 Å². The third-order valence-electron chi connectivity index (χ3n) is 5.44. The molecule has 1 N–H and O–H groups in total. The van der Waals surface area contributed by atoms with Gasteiger partial charge in [0, 0.05) is 35.5 Å². The summed E-state index contributed by atoms with van der Waals surface area (Å²) in [6, 6.07) is 19.1. The van der Waals surface area contributed by atoms with Gasteiger partial charge in [0.15, 0.2) is 5.11 Å². The summed E-state index contributed by atoms with van der Waals surface area (Å²) in [5.74, 6) is 0. The monoisotopic (exact) mass is 422 g/mol. The maximum Gasteiger partial charge on any atom is 0.174 e. The molecule has 148 valence electrons. The molecule has 4 heterocycles. The van der Waals surface area contributed by atoms with Crippen LogP contribution in [0.25, 0.3) is 0 Å². The highest BCUT2D eigenvalue weighted by atomic mass is 32.1. The summed E-state index contributed by atoms with van der Waals surface area (Å²) in [6.45, 7) is 3.44. The third kappa shape index (κ3) is 3.61. The maximum absolute atomic E-state index is 5.77. The average Bonchev–Trinajstić information content (AvgIpc) is 3.43. The van der Waals surface area contributed by atoms with Gasteiger partial charge in [-0.25, -0.2) is 0 Å².